The number of alkyl carbamates (subject to hydrolysis) is 1. The summed E-state index contributed by atoms with van der Waals surface area (Å²) < 4.78 is 31.2. The van der Waals surface area contributed by atoms with Crippen molar-refractivity contribution in [1.29, 1.82) is 5.26 Å². The van der Waals surface area contributed by atoms with Gasteiger partial charge in [-0.05, 0) is 58.1 Å². The summed E-state index contributed by atoms with van der Waals surface area (Å²) in [5.74, 6) is -2.32. The number of imidazole rings is 1. The summed E-state index contributed by atoms with van der Waals surface area (Å²) in [6, 6.07) is 3.79. The Kier molecular flexibility index (Phi) is 9.55. The van der Waals surface area contributed by atoms with Crippen molar-refractivity contribution in [3.05, 3.63) is 29.7 Å². The molecule has 1 amide bonds. The quantitative estimate of drug-likeness (QED) is 0.568. The Morgan fingerprint density at radius 3 is 2.37 bits per heavy atom. The third-order valence-electron chi connectivity index (χ3n) is 5.75. The van der Waals surface area contributed by atoms with Gasteiger partial charge in [0.25, 0.3) is 0 Å². The number of ether oxygens (including phenoxy) is 1. The van der Waals surface area contributed by atoms with Gasteiger partial charge in [0.15, 0.2) is 5.65 Å². The number of hydrogen-bond donors (Lipinski definition) is 2. The largest absolute Gasteiger partial charge is 0.444 e. The minimum absolute atomic E-state index is 0.118. The smallest absolute Gasteiger partial charge is 0.407 e. The average Bonchev–Trinajstić information content (AvgIpc) is 3.49. The van der Waals surface area contributed by atoms with Crippen molar-refractivity contribution in [3.8, 4) is 6.07 Å². The van der Waals surface area contributed by atoms with E-state index in [2.05, 4.69) is 21.5 Å². The van der Waals surface area contributed by atoms with Crippen LogP contribution in [0.25, 0.3) is 5.65 Å². The summed E-state index contributed by atoms with van der Waals surface area (Å²) in [6.07, 6.45) is 7.20. The number of nitrogens with zero attached hydrogens (tertiary/aromatic N) is 4. The van der Waals surface area contributed by atoms with Crippen LogP contribution in [0.2, 0.25) is 0 Å². The summed E-state index contributed by atoms with van der Waals surface area (Å²) >= 11 is 0. The fourth-order valence-electron chi connectivity index (χ4n) is 3.69. The van der Waals surface area contributed by atoms with Crippen LogP contribution in [0.1, 0.15) is 96.9 Å². The molecule has 2 heterocycles. The highest BCUT2D eigenvalue weighted by Gasteiger charge is 2.49. The molecule has 2 aromatic rings. The molecule has 0 saturated heterocycles. The molecule has 2 aliphatic carbocycles. The van der Waals surface area contributed by atoms with Crippen LogP contribution in [0.5, 0.6) is 0 Å². The lowest BCUT2D eigenvalue weighted by molar-refractivity contribution is -0.0337. The lowest BCUT2D eigenvalue weighted by Crippen LogP contribution is -2.32. The van der Waals surface area contributed by atoms with Gasteiger partial charge in [-0.1, -0.05) is 20.3 Å². The van der Waals surface area contributed by atoms with Crippen LogP contribution >= 0.6 is 0 Å². The van der Waals surface area contributed by atoms with E-state index in [1.165, 1.54) is 0 Å². The molecule has 2 saturated carbocycles. The van der Waals surface area contributed by atoms with Gasteiger partial charge in [0, 0.05) is 12.8 Å². The normalized spacial score (nSPS) is 18.6. The summed E-state index contributed by atoms with van der Waals surface area (Å²) in [5, 5.41) is 16.3. The molecule has 0 aliphatic heterocycles. The van der Waals surface area contributed by atoms with Crippen LogP contribution in [0.3, 0.4) is 0 Å². The van der Waals surface area contributed by atoms with Gasteiger partial charge in [-0.3, -0.25) is 0 Å². The SMILES string of the molecule is CC.CC(C)(C)OC(=O)NCc1cn2ncc(C(N)C3(C#N)CC3)cc2n1.FC1(F)CCCCC1. The number of nitrogens with two attached hydrogens (primary N) is 1. The molecule has 4 rings (SSSR count). The monoisotopic (exact) mass is 492 g/mol. The minimum Gasteiger partial charge on any atom is -0.444 e. The second-order valence-electron chi connectivity index (χ2n) is 9.84. The first-order chi connectivity index (χ1) is 16.4. The zero-order chi connectivity index (χ0) is 26.3. The Morgan fingerprint density at radius 1 is 1.26 bits per heavy atom. The van der Waals surface area contributed by atoms with E-state index in [1.54, 1.807) is 37.7 Å². The van der Waals surface area contributed by atoms with E-state index in [1.807, 2.05) is 19.9 Å². The van der Waals surface area contributed by atoms with E-state index in [9.17, 15) is 18.8 Å². The van der Waals surface area contributed by atoms with E-state index in [4.69, 9.17) is 10.5 Å². The van der Waals surface area contributed by atoms with Crippen molar-refractivity contribution >= 4 is 11.7 Å². The lowest BCUT2D eigenvalue weighted by atomic mass is 9.93. The number of alkyl halides is 2. The van der Waals surface area contributed by atoms with Gasteiger partial charge in [0.05, 0.1) is 42.2 Å². The van der Waals surface area contributed by atoms with Gasteiger partial charge in [0.2, 0.25) is 5.92 Å². The lowest BCUT2D eigenvalue weighted by Gasteiger charge is -2.20. The Balaban J connectivity index is 0.000000363. The molecule has 2 aromatic heterocycles. The van der Waals surface area contributed by atoms with E-state index in [-0.39, 0.29) is 25.4 Å². The van der Waals surface area contributed by atoms with Gasteiger partial charge < -0.3 is 15.8 Å². The average molecular weight is 493 g/mol. The number of carbonyl (C=O) groups excluding carboxylic acids is 1. The maximum absolute atomic E-state index is 12.2. The molecule has 0 bridgehead atoms. The third-order valence-corrected chi connectivity index (χ3v) is 5.75. The van der Waals surface area contributed by atoms with Crippen molar-refractivity contribution in [2.45, 2.75) is 104 Å². The highest BCUT2D eigenvalue weighted by molar-refractivity contribution is 5.67. The number of halogens is 2. The molecule has 35 heavy (non-hydrogen) atoms. The number of carbonyl (C=O) groups is 1. The molecule has 3 N–H and O–H groups in total. The molecule has 2 fully saturated rings. The van der Waals surface area contributed by atoms with E-state index >= 15 is 0 Å². The van der Waals surface area contributed by atoms with E-state index in [0.717, 1.165) is 24.8 Å². The van der Waals surface area contributed by atoms with Crippen molar-refractivity contribution in [1.82, 2.24) is 19.9 Å². The maximum atomic E-state index is 12.2. The zero-order valence-electron chi connectivity index (χ0n) is 21.4. The van der Waals surface area contributed by atoms with Gasteiger partial charge in [-0.25, -0.2) is 23.1 Å². The first-order valence-corrected chi connectivity index (χ1v) is 12.3. The first-order valence-electron chi connectivity index (χ1n) is 12.3. The molecule has 0 radical (unpaired) electrons. The van der Waals surface area contributed by atoms with E-state index in [0.29, 0.717) is 24.2 Å². The van der Waals surface area contributed by atoms with Gasteiger partial charge >= 0.3 is 6.09 Å². The Labute approximate surface area is 206 Å². The molecular formula is C25H38F2N6O2. The molecule has 1 unspecified atom stereocenters. The minimum atomic E-state index is -2.32. The number of nitrogens with one attached hydrogen (secondary N) is 1. The fourth-order valence-corrected chi connectivity index (χ4v) is 3.69. The molecule has 1 atom stereocenters. The molecule has 194 valence electrons. The van der Waals surface area contributed by atoms with Gasteiger partial charge in [0.1, 0.15) is 5.60 Å². The molecule has 0 aromatic carbocycles. The number of nitriles is 1. The highest BCUT2D eigenvalue weighted by Crippen LogP contribution is 2.53. The van der Waals surface area contributed by atoms with Crippen LogP contribution in [0.15, 0.2) is 18.5 Å². The van der Waals surface area contributed by atoms with Crippen LogP contribution in [-0.4, -0.2) is 32.2 Å². The predicted molar refractivity (Wildman–Crippen MR) is 130 cm³/mol. The summed E-state index contributed by atoms with van der Waals surface area (Å²) in [5.41, 5.74) is 7.30. The number of rotatable bonds is 4. The van der Waals surface area contributed by atoms with Gasteiger partial charge in [-0.2, -0.15) is 10.4 Å². The zero-order valence-corrected chi connectivity index (χ0v) is 21.4. The Hall–Kier alpha value is -2.80. The van der Waals surface area contributed by atoms with Crippen molar-refractivity contribution in [2.75, 3.05) is 0 Å². The van der Waals surface area contributed by atoms with Gasteiger partial charge in [-0.15, -0.1) is 0 Å². The summed E-state index contributed by atoms with van der Waals surface area (Å²) in [4.78, 5) is 16.2. The number of fused-ring (bicyclic) bond motifs is 1. The van der Waals surface area contributed by atoms with Crippen molar-refractivity contribution in [2.24, 2.45) is 11.1 Å². The summed E-state index contributed by atoms with van der Waals surface area (Å²) in [7, 11) is 0. The second kappa shape index (κ2) is 11.8. The molecular weight excluding hydrogens is 454 g/mol. The van der Waals surface area contributed by atoms with Crippen LogP contribution < -0.4 is 11.1 Å². The molecule has 8 nitrogen and oxygen atoms in total. The molecule has 0 spiro atoms. The summed E-state index contributed by atoms with van der Waals surface area (Å²) in [6.45, 7) is 9.65. The second-order valence-corrected chi connectivity index (χ2v) is 9.84. The standard InChI is InChI=1S/C17H22N6O2.C6H10F2.C2H6/c1-16(2,3)25-15(24)20-8-12-9-23-13(22-12)6-11(7-21-23)14(19)17(10-18)4-5-17;7-6(8)4-2-1-3-5-6;1-2/h6-7,9,14H,4-5,8,19H2,1-3H3,(H,20,24);1-5H2;1-2H3. The van der Waals surface area contributed by atoms with E-state index < -0.39 is 23.0 Å². The predicted octanol–water partition coefficient (Wildman–Crippen LogP) is 5.67. The van der Waals surface area contributed by atoms with Crippen LogP contribution in [-0.2, 0) is 11.3 Å². The topological polar surface area (TPSA) is 118 Å². The third kappa shape index (κ3) is 8.42. The molecule has 2 aliphatic rings. The fraction of sp³-hybridized carbons (Fsp3) is 0.680. The van der Waals surface area contributed by atoms with Crippen molar-refractivity contribution < 1.29 is 18.3 Å². The highest BCUT2D eigenvalue weighted by atomic mass is 19.3. The molecule has 10 heteroatoms. The van der Waals surface area contributed by atoms with Crippen LogP contribution in [0.4, 0.5) is 13.6 Å². The van der Waals surface area contributed by atoms with Crippen molar-refractivity contribution in [3.63, 3.8) is 0 Å². The maximum Gasteiger partial charge on any atom is 0.407 e. The Morgan fingerprint density at radius 2 is 1.89 bits per heavy atom. The Bertz CT molecular complexity index is 1010. The number of hydrogen-bond acceptors (Lipinski definition) is 6. The van der Waals surface area contributed by atoms with Crippen LogP contribution in [0, 0.1) is 16.7 Å². The number of aromatic nitrogens is 3. The number of amides is 1. The first kappa shape index (κ1) is 28.4.